The first-order valence-corrected chi connectivity index (χ1v) is 10.6. The van der Waals surface area contributed by atoms with Gasteiger partial charge in [0, 0.05) is 12.1 Å². The fourth-order valence-corrected chi connectivity index (χ4v) is 3.90. The molecule has 3 aromatic rings. The number of hydrogen-bond donors (Lipinski definition) is 0. The molecule has 1 atom stereocenters. The summed E-state index contributed by atoms with van der Waals surface area (Å²) in [7, 11) is 3.07. The molecule has 1 fully saturated rings. The number of rotatable bonds is 7. The van der Waals surface area contributed by atoms with Gasteiger partial charge in [-0.1, -0.05) is 18.2 Å². The van der Waals surface area contributed by atoms with E-state index in [1.807, 2.05) is 0 Å². The predicted molar refractivity (Wildman–Crippen MR) is 123 cm³/mol. The van der Waals surface area contributed by atoms with Gasteiger partial charge in [0.1, 0.15) is 23.4 Å². The van der Waals surface area contributed by atoms with E-state index < -0.39 is 29.6 Å². The molecule has 0 N–H and O–H groups in total. The van der Waals surface area contributed by atoms with Gasteiger partial charge in [-0.05, 0) is 60.2 Å². The first-order chi connectivity index (χ1) is 16.4. The molecule has 1 saturated heterocycles. The van der Waals surface area contributed by atoms with Gasteiger partial charge in [-0.2, -0.15) is 0 Å². The summed E-state index contributed by atoms with van der Waals surface area (Å²) in [6.07, 6.45) is -0.178. The summed E-state index contributed by atoms with van der Waals surface area (Å²) in [5, 5.41) is 0. The molecular formula is C26H23FN2O5. The zero-order valence-corrected chi connectivity index (χ0v) is 18.7. The number of amides is 3. The zero-order chi connectivity index (χ0) is 24.2. The monoisotopic (exact) mass is 462 g/mol. The van der Waals surface area contributed by atoms with E-state index in [4.69, 9.17) is 9.47 Å². The van der Waals surface area contributed by atoms with Crippen LogP contribution in [0.4, 0.5) is 10.1 Å². The van der Waals surface area contributed by atoms with Crippen molar-refractivity contribution in [3.8, 4) is 11.5 Å². The SMILES string of the molecule is COc1ccc(CN(C(=O)c2cccc(F)c2)[C@@H]2CC(=O)N(c3ccc(OC)cc3)C2=O)cc1. The molecule has 3 aromatic carbocycles. The van der Waals surface area contributed by atoms with Crippen LogP contribution in [0.3, 0.4) is 0 Å². The topological polar surface area (TPSA) is 76.2 Å². The van der Waals surface area contributed by atoms with Crippen LogP contribution in [-0.2, 0) is 16.1 Å². The van der Waals surface area contributed by atoms with E-state index in [9.17, 15) is 18.8 Å². The van der Waals surface area contributed by atoms with Gasteiger partial charge in [-0.3, -0.25) is 14.4 Å². The predicted octanol–water partition coefficient (Wildman–Crippen LogP) is 3.82. The lowest BCUT2D eigenvalue weighted by molar-refractivity contribution is -0.122. The molecule has 0 saturated carbocycles. The summed E-state index contributed by atoms with van der Waals surface area (Å²) in [6, 6.07) is 17.8. The van der Waals surface area contributed by atoms with Gasteiger partial charge in [-0.15, -0.1) is 0 Å². The minimum absolute atomic E-state index is 0.0550. The standard InChI is InChI=1S/C26H23FN2O5/c1-33-21-10-6-17(7-11-21)16-28(25(31)18-4-3-5-19(27)14-18)23-15-24(30)29(26(23)32)20-8-12-22(34-2)13-9-20/h3-14,23H,15-16H2,1-2H3/t23-/m1/s1. The molecule has 3 amide bonds. The van der Waals surface area contributed by atoms with E-state index in [0.29, 0.717) is 17.2 Å². The molecule has 4 rings (SSSR count). The fourth-order valence-electron chi connectivity index (χ4n) is 3.90. The van der Waals surface area contributed by atoms with Crippen LogP contribution < -0.4 is 14.4 Å². The Hall–Kier alpha value is -4.20. The Labute approximate surface area is 196 Å². The lowest BCUT2D eigenvalue weighted by Gasteiger charge is -2.28. The molecule has 0 radical (unpaired) electrons. The average molecular weight is 462 g/mol. The lowest BCUT2D eigenvalue weighted by Crippen LogP contribution is -2.45. The van der Waals surface area contributed by atoms with Crippen molar-refractivity contribution >= 4 is 23.4 Å². The van der Waals surface area contributed by atoms with Crippen molar-refractivity contribution < 1.29 is 28.2 Å². The van der Waals surface area contributed by atoms with Crippen LogP contribution in [0, 0.1) is 5.82 Å². The average Bonchev–Trinajstić information content (AvgIpc) is 3.15. The highest BCUT2D eigenvalue weighted by Crippen LogP contribution is 2.29. The van der Waals surface area contributed by atoms with Crippen molar-refractivity contribution in [3.05, 3.63) is 89.7 Å². The quantitative estimate of drug-likeness (QED) is 0.499. The first-order valence-electron chi connectivity index (χ1n) is 10.6. The molecule has 0 spiro atoms. The van der Waals surface area contributed by atoms with Crippen LogP contribution in [-0.4, -0.2) is 42.9 Å². The van der Waals surface area contributed by atoms with Crippen LogP contribution in [0.2, 0.25) is 0 Å². The van der Waals surface area contributed by atoms with E-state index in [-0.39, 0.29) is 18.5 Å². The fraction of sp³-hybridized carbons (Fsp3) is 0.192. The summed E-state index contributed by atoms with van der Waals surface area (Å²) < 4.78 is 24.2. The van der Waals surface area contributed by atoms with Gasteiger partial charge in [0.05, 0.1) is 26.3 Å². The van der Waals surface area contributed by atoms with Crippen LogP contribution in [0.5, 0.6) is 11.5 Å². The minimum Gasteiger partial charge on any atom is -0.497 e. The third-order valence-corrected chi connectivity index (χ3v) is 5.67. The number of imide groups is 1. The molecule has 8 heteroatoms. The Kier molecular flexibility index (Phi) is 6.58. The number of hydrogen-bond acceptors (Lipinski definition) is 5. The van der Waals surface area contributed by atoms with Crippen LogP contribution >= 0.6 is 0 Å². The van der Waals surface area contributed by atoms with E-state index in [0.717, 1.165) is 16.5 Å². The number of anilines is 1. The molecule has 34 heavy (non-hydrogen) atoms. The van der Waals surface area contributed by atoms with Crippen molar-refractivity contribution in [2.24, 2.45) is 0 Å². The highest BCUT2D eigenvalue weighted by molar-refractivity contribution is 6.23. The summed E-state index contributed by atoms with van der Waals surface area (Å²) in [5.74, 6) is -0.825. The van der Waals surface area contributed by atoms with Crippen molar-refractivity contribution in [1.82, 2.24) is 4.90 Å². The van der Waals surface area contributed by atoms with Crippen molar-refractivity contribution in [1.29, 1.82) is 0 Å². The summed E-state index contributed by atoms with van der Waals surface area (Å²) in [4.78, 5) is 42.1. The van der Waals surface area contributed by atoms with E-state index in [2.05, 4.69) is 0 Å². The van der Waals surface area contributed by atoms with Gasteiger partial charge < -0.3 is 14.4 Å². The molecular weight excluding hydrogens is 439 g/mol. The first kappa shape index (κ1) is 23.0. The lowest BCUT2D eigenvalue weighted by atomic mass is 10.1. The molecule has 1 aliphatic heterocycles. The van der Waals surface area contributed by atoms with Crippen molar-refractivity contribution in [2.75, 3.05) is 19.1 Å². The molecule has 0 unspecified atom stereocenters. The number of ether oxygens (including phenoxy) is 2. The second-order valence-corrected chi connectivity index (χ2v) is 7.78. The van der Waals surface area contributed by atoms with Gasteiger partial charge in [0.15, 0.2) is 0 Å². The second kappa shape index (κ2) is 9.74. The van der Waals surface area contributed by atoms with Crippen molar-refractivity contribution in [2.45, 2.75) is 19.0 Å². The van der Waals surface area contributed by atoms with Crippen molar-refractivity contribution in [3.63, 3.8) is 0 Å². The maximum Gasteiger partial charge on any atom is 0.257 e. The van der Waals surface area contributed by atoms with E-state index >= 15 is 0 Å². The smallest absolute Gasteiger partial charge is 0.257 e. The maximum absolute atomic E-state index is 13.8. The molecule has 1 heterocycles. The minimum atomic E-state index is -1.03. The van der Waals surface area contributed by atoms with E-state index in [1.165, 1.54) is 30.2 Å². The number of carbonyl (C=O) groups is 3. The van der Waals surface area contributed by atoms with Gasteiger partial charge in [0.2, 0.25) is 5.91 Å². The Bertz CT molecular complexity index is 1210. The molecule has 0 aliphatic carbocycles. The van der Waals surface area contributed by atoms with Crippen LogP contribution in [0.15, 0.2) is 72.8 Å². The van der Waals surface area contributed by atoms with Gasteiger partial charge in [0.25, 0.3) is 11.8 Å². The number of halogens is 1. The maximum atomic E-state index is 13.8. The second-order valence-electron chi connectivity index (χ2n) is 7.78. The normalized spacial score (nSPS) is 15.4. The van der Waals surface area contributed by atoms with Gasteiger partial charge >= 0.3 is 0 Å². The molecule has 0 aromatic heterocycles. The van der Waals surface area contributed by atoms with Crippen LogP contribution in [0.25, 0.3) is 0 Å². The number of carbonyl (C=O) groups excluding carboxylic acids is 3. The zero-order valence-electron chi connectivity index (χ0n) is 18.7. The Morgan fingerprint density at radius 3 is 2.18 bits per heavy atom. The Morgan fingerprint density at radius 1 is 0.971 bits per heavy atom. The summed E-state index contributed by atoms with van der Waals surface area (Å²) in [6.45, 7) is 0.0550. The third-order valence-electron chi connectivity index (χ3n) is 5.67. The molecule has 0 bridgehead atoms. The van der Waals surface area contributed by atoms with Crippen LogP contribution in [0.1, 0.15) is 22.3 Å². The molecule has 1 aliphatic rings. The highest BCUT2D eigenvalue weighted by Gasteiger charge is 2.44. The number of benzene rings is 3. The number of methoxy groups -OCH3 is 2. The number of nitrogens with zero attached hydrogens (tertiary/aromatic N) is 2. The Morgan fingerprint density at radius 2 is 1.59 bits per heavy atom. The largest absolute Gasteiger partial charge is 0.497 e. The van der Waals surface area contributed by atoms with E-state index in [1.54, 1.807) is 55.6 Å². The Balaban J connectivity index is 1.67. The molecule has 7 nitrogen and oxygen atoms in total. The third kappa shape index (κ3) is 4.61. The highest BCUT2D eigenvalue weighted by atomic mass is 19.1. The summed E-state index contributed by atoms with van der Waals surface area (Å²) in [5.41, 5.74) is 1.21. The molecule has 174 valence electrons. The van der Waals surface area contributed by atoms with Gasteiger partial charge in [-0.25, -0.2) is 9.29 Å². The summed E-state index contributed by atoms with van der Waals surface area (Å²) >= 11 is 0.